The average Bonchev–Trinajstić information content (AvgIpc) is 2.73. The summed E-state index contributed by atoms with van der Waals surface area (Å²) in [5, 5.41) is 7.34. The summed E-state index contributed by atoms with van der Waals surface area (Å²) in [6.07, 6.45) is -1.04. The zero-order valence-corrected chi connectivity index (χ0v) is 11.6. The molecule has 0 saturated carbocycles. The van der Waals surface area contributed by atoms with Gasteiger partial charge in [-0.2, -0.15) is 18.3 Å². The standard InChI is InChI=1S/C13H15F3N4O/c1-9-10(7-20(2)19-9)5-17-11-3-4-12(18-6-11)21-8-13(14,15)16/h3-4,6-7,17H,5,8H2,1-2H3. The normalized spacial score (nSPS) is 11.5. The zero-order chi connectivity index (χ0) is 15.5. The van der Waals surface area contributed by atoms with Crippen molar-refractivity contribution in [1.29, 1.82) is 0 Å². The number of alkyl halides is 3. The third kappa shape index (κ3) is 4.66. The van der Waals surface area contributed by atoms with E-state index in [9.17, 15) is 13.2 Å². The molecular formula is C13H15F3N4O. The summed E-state index contributed by atoms with van der Waals surface area (Å²) in [6, 6.07) is 3.01. The topological polar surface area (TPSA) is 52.0 Å². The second-order valence-electron chi connectivity index (χ2n) is 4.56. The van der Waals surface area contributed by atoms with Crippen LogP contribution in [0.2, 0.25) is 0 Å². The summed E-state index contributed by atoms with van der Waals surface area (Å²) in [6.45, 7) is 1.12. The molecular weight excluding hydrogens is 285 g/mol. The van der Waals surface area contributed by atoms with Crippen molar-refractivity contribution in [2.24, 2.45) is 7.05 Å². The highest BCUT2D eigenvalue weighted by Crippen LogP contribution is 2.18. The molecule has 0 spiro atoms. The number of nitrogens with one attached hydrogen (secondary N) is 1. The van der Waals surface area contributed by atoms with Crippen LogP contribution >= 0.6 is 0 Å². The SMILES string of the molecule is Cc1nn(C)cc1CNc1ccc(OCC(F)(F)F)nc1. The van der Waals surface area contributed by atoms with Gasteiger partial charge in [0.05, 0.1) is 17.6 Å². The van der Waals surface area contributed by atoms with Gasteiger partial charge in [-0.15, -0.1) is 0 Å². The fraction of sp³-hybridized carbons (Fsp3) is 0.385. The maximum atomic E-state index is 12.0. The molecule has 2 heterocycles. The summed E-state index contributed by atoms with van der Waals surface area (Å²) in [5.41, 5.74) is 2.65. The van der Waals surface area contributed by atoms with E-state index in [-0.39, 0.29) is 5.88 Å². The first kappa shape index (κ1) is 15.1. The molecule has 2 rings (SSSR count). The van der Waals surface area contributed by atoms with Crippen molar-refractivity contribution in [3.05, 3.63) is 35.8 Å². The van der Waals surface area contributed by atoms with Crippen LogP contribution in [0.25, 0.3) is 0 Å². The van der Waals surface area contributed by atoms with Gasteiger partial charge in [-0.1, -0.05) is 0 Å². The van der Waals surface area contributed by atoms with E-state index in [2.05, 4.69) is 20.1 Å². The van der Waals surface area contributed by atoms with E-state index in [0.717, 1.165) is 11.3 Å². The first-order valence-electron chi connectivity index (χ1n) is 6.22. The van der Waals surface area contributed by atoms with Crippen molar-refractivity contribution in [2.75, 3.05) is 11.9 Å². The van der Waals surface area contributed by atoms with Crippen LogP contribution in [0.1, 0.15) is 11.3 Å². The van der Waals surface area contributed by atoms with Crippen LogP contribution in [0.4, 0.5) is 18.9 Å². The second kappa shape index (κ2) is 6.02. The Hall–Kier alpha value is -2.25. The van der Waals surface area contributed by atoms with Gasteiger partial charge >= 0.3 is 6.18 Å². The van der Waals surface area contributed by atoms with E-state index in [4.69, 9.17) is 0 Å². The molecule has 5 nitrogen and oxygen atoms in total. The van der Waals surface area contributed by atoms with E-state index in [1.54, 1.807) is 10.7 Å². The lowest BCUT2D eigenvalue weighted by Crippen LogP contribution is -2.19. The molecule has 0 bridgehead atoms. The first-order chi connectivity index (χ1) is 9.83. The highest BCUT2D eigenvalue weighted by Gasteiger charge is 2.28. The minimum atomic E-state index is -4.36. The van der Waals surface area contributed by atoms with Crippen LogP contribution < -0.4 is 10.1 Å². The van der Waals surface area contributed by atoms with Crippen LogP contribution in [0.5, 0.6) is 5.88 Å². The Morgan fingerprint density at radius 3 is 2.62 bits per heavy atom. The number of ether oxygens (including phenoxy) is 1. The first-order valence-corrected chi connectivity index (χ1v) is 6.22. The lowest BCUT2D eigenvalue weighted by Gasteiger charge is -2.09. The van der Waals surface area contributed by atoms with Crippen LogP contribution in [-0.2, 0) is 13.6 Å². The van der Waals surface area contributed by atoms with Gasteiger partial charge in [0, 0.05) is 31.4 Å². The Morgan fingerprint density at radius 2 is 2.10 bits per heavy atom. The van der Waals surface area contributed by atoms with Crippen molar-refractivity contribution >= 4 is 5.69 Å². The van der Waals surface area contributed by atoms with Crippen molar-refractivity contribution in [1.82, 2.24) is 14.8 Å². The molecule has 0 fully saturated rings. The quantitative estimate of drug-likeness (QED) is 0.922. The molecule has 2 aromatic rings. The summed E-state index contributed by atoms with van der Waals surface area (Å²) in [5.74, 6) is -0.0598. The van der Waals surface area contributed by atoms with Crippen molar-refractivity contribution < 1.29 is 17.9 Å². The largest absolute Gasteiger partial charge is 0.468 e. The molecule has 2 aromatic heterocycles. The van der Waals surface area contributed by atoms with Gasteiger partial charge in [-0.05, 0) is 13.0 Å². The van der Waals surface area contributed by atoms with Crippen LogP contribution in [0.3, 0.4) is 0 Å². The number of aromatic nitrogens is 3. The molecule has 0 aliphatic heterocycles. The van der Waals surface area contributed by atoms with Gasteiger partial charge in [0.2, 0.25) is 5.88 Å². The fourth-order valence-corrected chi connectivity index (χ4v) is 1.75. The van der Waals surface area contributed by atoms with Gasteiger partial charge in [-0.25, -0.2) is 4.98 Å². The van der Waals surface area contributed by atoms with Crippen molar-refractivity contribution in [3.8, 4) is 5.88 Å². The van der Waals surface area contributed by atoms with E-state index in [1.165, 1.54) is 12.3 Å². The van der Waals surface area contributed by atoms with Gasteiger partial charge in [-0.3, -0.25) is 4.68 Å². The summed E-state index contributed by atoms with van der Waals surface area (Å²) >= 11 is 0. The number of hydrogen-bond acceptors (Lipinski definition) is 4. The zero-order valence-electron chi connectivity index (χ0n) is 11.6. The minimum absolute atomic E-state index is 0.0598. The summed E-state index contributed by atoms with van der Waals surface area (Å²) in [4.78, 5) is 3.82. The Kier molecular flexibility index (Phi) is 4.35. The average molecular weight is 300 g/mol. The highest BCUT2D eigenvalue weighted by atomic mass is 19.4. The van der Waals surface area contributed by atoms with E-state index in [1.807, 2.05) is 20.2 Å². The fourth-order valence-electron chi connectivity index (χ4n) is 1.75. The highest BCUT2D eigenvalue weighted by molar-refractivity contribution is 5.42. The third-order valence-corrected chi connectivity index (χ3v) is 2.72. The Bertz CT molecular complexity index is 592. The Labute approximate surface area is 119 Å². The Morgan fingerprint density at radius 1 is 1.33 bits per heavy atom. The van der Waals surface area contributed by atoms with Crippen molar-refractivity contribution in [2.45, 2.75) is 19.6 Å². The van der Waals surface area contributed by atoms with Gasteiger partial charge < -0.3 is 10.1 Å². The predicted octanol–water partition coefficient (Wildman–Crippen LogP) is 2.68. The number of aryl methyl sites for hydroxylation is 2. The third-order valence-electron chi connectivity index (χ3n) is 2.72. The lowest BCUT2D eigenvalue weighted by atomic mass is 10.2. The number of rotatable bonds is 5. The van der Waals surface area contributed by atoms with Gasteiger partial charge in [0.15, 0.2) is 6.61 Å². The molecule has 21 heavy (non-hydrogen) atoms. The molecule has 0 aromatic carbocycles. The number of nitrogens with zero attached hydrogens (tertiary/aromatic N) is 3. The van der Waals surface area contributed by atoms with E-state index < -0.39 is 12.8 Å². The monoisotopic (exact) mass is 300 g/mol. The van der Waals surface area contributed by atoms with Crippen LogP contribution in [0, 0.1) is 6.92 Å². The molecule has 0 unspecified atom stereocenters. The summed E-state index contributed by atoms with van der Waals surface area (Å²) < 4.78 is 42.2. The maximum Gasteiger partial charge on any atom is 0.422 e. The molecule has 1 N–H and O–H groups in total. The molecule has 0 radical (unpaired) electrons. The van der Waals surface area contributed by atoms with Crippen LogP contribution in [-0.4, -0.2) is 27.5 Å². The van der Waals surface area contributed by atoms with Gasteiger partial charge in [0.25, 0.3) is 0 Å². The minimum Gasteiger partial charge on any atom is -0.468 e. The maximum absolute atomic E-state index is 12.0. The molecule has 8 heteroatoms. The smallest absolute Gasteiger partial charge is 0.422 e. The number of halogens is 3. The molecule has 0 aliphatic rings. The lowest BCUT2D eigenvalue weighted by molar-refractivity contribution is -0.154. The molecule has 0 saturated heterocycles. The van der Waals surface area contributed by atoms with Crippen LogP contribution in [0.15, 0.2) is 24.5 Å². The molecule has 114 valence electrons. The van der Waals surface area contributed by atoms with Crippen molar-refractivity contribution in [3.63, 3.8) is 0 Å². The molecule has 0 amide bonds. The number of hydrogen-bond donors (Lipinski definition) is 1. The second-order valence-corrected chi connectivity index (χ2v) is 4.56. The predicted molar refractivity (Wildman–Crippen MR) is 71.1 cm³/mol. The molecule has 0 aliphatic carbocycles. The number of pyridine rings is 1. The summed E-state index contributed by atoms with van der Waals surface area (Å²) in [7, 11) is 1.84. The molecule has 0 atom stereocenters. The Balaban J connectivity index is 1.89. The van der Waals surface area contributed by atoms with E-state index >= 15 is 0 Å². The van der Waals surface area contributed by atoms with Gasteiger partial charge in [0.1, 0.15) is 0 Å². The van der Waals surface area contributed by atoms with E-state index in [0.29, 0.717) is 12.2 Å². The number of anilines is 1.